The highest BCUT2D eigenvalue weighted by molar-refractivity contribution is 5.78. The Kier molecular flexibility index (Phi) is 5.64. The van der Waals surface area contributed by atoms with Crippen molar-refractivity contribution in [1.29, 1.82) is 0 Å². The molecule has 1 heterocycles. The van der Waals surface area contributed by atoms with Crippen molar-refractivity contribution in [2.75, 3.05) is 19.8 Å². The Balaban J connectivity index is 1.65. The largest absolute Gasteiger partial charge is 0.381 e. The molecule has 1 aliphatic carbocycles. The molecule has 4 heteroatoms. The molecule has 2 unspecified atom stereocenters. The SMILES string of the molecule is CC1CC(C)CC(NCC(=O)NC2CCOCC2)C1. The molecule has 0 spiro atoms. The van der Waals surface area contributed by atoms with Gasteiger partial charge in [-0.05, 0) is 43.9 Å². The van der Waals surface area contributed by atoms with Gasteiger partial charge in [0.1, 0.15) is 0 Å². The van der Waals surface area contributed by atoms with Crippen LogP contribution in [-0.2, 0) is 9.53 Å². The second-order valence-electron chi connectivity index (χ2n) is 6.45. The van der Waals surface area contributed by atoms with Gasteiger partial charge in [0.05, 0.1) is 6.54 Å². The van der Waals surface area contributed by atoms with Crippen LogP contribution in [0.15, 0.2) is 0 Å². The fourth-order valence-corrected chi connectivity index (χ4v) is 3.47. The van der Waals surface area contributed by atoms with Gasteiger partial charge in [-0.3, -0.25) is 4.79 Å². The molecule has 2 aliphatic rings. The Hall–Kier alpha value is -0.610. The Morgan fingerprint density at radius 1 is 1.05 bits per heavy atom. The van der Waals surface area contributed by atoms with Gasteiger partial charge < -0.3 is 15.4 Å². The number of hydrogen-bond donors (Lipinski definition) is 2. The zero-order valence-electron chi connectivity index (χ0n) is 12.3. The lowest BCUT2D eigenvalue weighted by Gasteiger charge is -2.32. The van der Waals surface area contributed by atoms with E-state index in [2.05, 4.69) is 24.5 Å². The third-order valence-corrected chi connectivity index (χ3v) is 4.32. The number of hydrogen-bond acceptors (Lipinski definition) is 3. The van der Waals surface area contributed by atoms with E-state index in [0.29, 0.717) is 18.6 Å². The highest BCUT2D eigenvalue weighted by Gasteiger charge is 2.24. The summed E-state index contributed by atoms with van der Waals surface area (Å²) in [5.74, 6) is 1.69. The van der Waals surface area contributed by atoms with Crippen LogP contribution in [-0.4, -0.2) is 37.7 Å². The van der Waals surface area contributed by atoms with Crippen LogP contribution < -0.4 is 10.6 Å². The summed E-state index contributed by atoms with van der Waals surface area (Å²) in [4.78, 5) is 11.9. The predicted octanol–water partition coefficient (Wildman–Crippen LogP) is 1.70. The lowest BCUT2D eigenvalue weighted by atomic mass is 9.80. The maximum absolute atomic E-state index is 11.9. The molecule has 0 aromatic carbocycles. The van der Waals surface area contributed by atoms with Crippen LogP contribution in [0.5, 0.6) is 0 Å². The summed E-state index contributed by atoms with van der Waals surface area (Å²) >= 11 is 0. The molecular formula is C15H28N2O2. The van der Waals surface area contributed by atoms with Crippen molar-refractivity contribution in [1.82, 2.24) is 10.6 Å². The van der Waals surface area contributed by atoms with Crippen molar-refractivity contribution < 1.29 is 9.53 Å². The highest BCUT2D eigenvalue weighted by Crippen LogP contribution is 2.28. The van der Waals surface area contributed by atoms with Crippen LogP contribution in [0.1, 0.15) is 46.0 Å². The molecule has 1 saturated carbocycles. The Morgan fingerprint density at radius 3 is 2.32 bits per heavy atom. The van der Waals surface area contributed by atoms with Gasteiger partial charge in [0.25, 0.3) is 0 Å². The summed E-state index contributed by atoms with van der Waals surface area (Å²) in [5.41, 5.74) is 0. The number of rotatable bonds is 4. The van der Waals surface area contributed by atoms with Crippen molar-refractivity contribution in [3.63, 3.8) is 0 Å². The smallest absolute Gasteiger partial charge is 0.234 e. The molecule has 4 nitrogen and oxygen atoms in total. The lowest BCUT2D eigenvalue weighted by molar-refractivity contribution is -0.121. The number of amides is 1. The lowest BCUT2D eigenvalue weighted by Crippen LogP contribution is -2.46. The van der Waals surface area contributed by atoms with E-state index in [1.165, 1.54) is 19.3 Å². The van der Waals surface area contributed by atoms with Crippen LogP contribution in [0, 0.1) is 11.8 Å². The van der Waals surface area contributed by atoms with Crippen LogP contribution in [0.2, 0.25) is 0 Å². The first-order chi connectivity index (χ1) is 9.13. The predicted molar refractivity (Wildman–Crippen MR) is 76.0 cm³/mol. The zero-order valence-corrected chi connectivity index (χ0v) is 12.3. The van der Waals surface area contributed by atoms with Gasteiger partial charge in [-0.2, -0.15) is 0 Å². The minimum absolute atomic E-state index is 0.137. The van der Waals surface area contributed by atoms with Gasteiger partial charge in [-0.15, -0.1) is 0 Å². The third kappa shape index (κ3) is 5.11. The van der Waals surface area contributed by atoms with Crippen LogP contribution in [0.25, 0.3) is 0 Å². The highest BCUT2D eigenvalue weighted by atomic mass is 16.5. The summed E-state index contributed by atoms with van der Waals surface area (Å²) < 4.78 is 5.29. The van der Waals surface area contributed by atoms with Gasteiger partial charge >= 0.3 is 0 Å². The van der Waals surface area contributed by atoms with E-state index in [1.807, 2.05) is 0 Å². The van der Waals surface area contributed by atoms with Crippen molar-refractivity contribution in [2.24, 2.45) is 11.8 Å². The normalized spacial score (nSPS) is 33.1. The maximum Gasteiger partial charge on any atom is 0.234 e. The molecule has 2 atom stereocenters. The molecule has 2 fully saturated rings. The summed E-state index contributed by atoms with van der Waals surface area (Å²) in [6.45, 7) is 6.63. The maximum atomic E-state index is 11.9. The first-order valence-electron chi connectivity index (χ1n) is 7.74. The number of ether oxygens (including phenoxy) is 1. The van der Waals surface area contributed by atoms with Crippen molar-refractivity contribution in [2.45, 2.75) is 58.0 Å². The first kappa shape index (κ1) is 14.8. The molecule has 2 rings (SSSR count). The topological polar surface area (TPSA) is 50.4 Å². The molecule has 0 radical (unpaired) electrons. The van der Waals surface area contributed by atoms with Gasteiger partial charge in [-0.1, -0.05) is 13.8 Å². The van der Waals surface area contributed by atoms with Crippen molar-refractivity contribution in [3.05, 3.63) is 0 Å². The molecule has 0 bridgehead atoms. The molecule has 2 N–H and O–H groups in total. The van der Waals surface area contributed by atoms with E-state index in [1.54, 1.807) is 0 Å². The fraction of sp³-hybridized carbons (Fsp3) is 0.933. The molecule has 19 heavy (non-hydrogen) atoms. The molecule has 1 amide bonds. The van der Waals surface area contributed by atoms with Crippen molar-refractivity contribution >= 4 is 5.91 Å². The average Bonchev–Trinajstić information content (AvgIpc) is 2.36. The molecule has 0 aromatic rings. The minimum atomic E-state index is 0.137. The number of carbonyl (C=O) groups is 1. The van der Waals surface area contributed by atoms with E-state index in [0.717, 1.165) is 37.9 Å². The summed E-state index contributed by atoms with van der Waals surface area (Å²) in [6.07, 6.45) is 5.63. The Labute approximate surface area is 116 Å². The minimum Gasteiger partial charge on any atom is -0.381 e. The van der Waals surface area contributed by atoms with Crippen molar-refractivity contribution in [3.8, 4) is 0 Å². The molecule has 1 aliphatic heterocycles. The summed E-state index contributed by atoms with van der Waals surface area (Å²) in [5, 5.41) is 6.53. The van der Waals surface area contributed by atoms with Gasteiger partial charge in [0.2, 0.25) is 5.91 Å². The standard InChI is InChI=1S/C15H28N2O2/c1-11-7-12(2)9-14(8-11)16-10-15(18)17-13-3-5-19-6-4-13/h11-14,16H,3-10H2,1-2H3,(H,17,18). The van der Waals surface area contributed by atoms with E-state index < -0.39 is 0 Å². The van der Waals surface area contributed by atoms with Crippen LogP contribution in [0.3, 0.4) is 0 Å². The fourth-order valence-electron chi connectivity index (χ4n) is 3.47. The summed E-state index contributed by atoms with van der Waals surface area (Å²) in [7, 11) is 0. The zero-order chi connectivity index (χ0) is 13.7. The number of carbonyl (C=O) groups excluding carboxylic acids is 1. The molecule has 110 valence electrons. The monoisotopic (exact) mass is 268 g/mol. The number of nitrogens with one attached hydrogen (secondary N) is 2. The molecule has 0 aromatic heterocycles. The van der Waals surface area contributed by atoms with Gasteiger partial charge in [0.15, 0.2) is 0 Å². The van der Waals surface area contributed by atoms with Gasteiger partial charge in [-0.25, -0.2) is 0 Å². The Morgan fingerprint density at radius 2 is 1.68 bits per heavy atom. The van der Waals surface area contributed by atoms with Crippen LogP contribution in [0.4, 0.5) is 0 Å². The first-order valence-corrected chi connectivity index (χ1v) is 7.74. The second-order valence-corrected chi connectivity index (χ2v) is 6.45. The average molecular weight is 268 g/mol. The molecule has 1 saturated heterocycles. The van der Waals surface area contributed by atoms with Gasteiger partial charge in [0, 0.05) is 25.3 Å². The molecular weight excluding hydrogens is 240 g/mol. The van der Waals surface area contributed by atoms with E-state index >= 15 is 0 Å². The van der Waals surface area contributed by atoms with E-state index in [4.69, 9.17) is 4.74 Å². The Bertz CT molecular complexity index is 280. The van der Waals surface area contributed by atoms with E-state index in [-0.39, 0.29) is 5.91 Å². The third-order valence-electron chi connectivity index (χ3n) is 4.32. The quantitative estimate of drug-likeness (QED) is 0.816. The second kappa shape index (κ2) is 7.25. The summed E-state index contributed by atoms with van der Waals surface area (Å²) in [6, 6.07) is 0.825. The van der Waals surface area contributed by atoms with E-state index in [9.17, 15) is 4.79 Å². The van der Waals surface area contributed by atoms with Crippen LogP contribution >= 0.6 is 0 Å².